The molecule has 0 fully saturated rings. The number of nitrogens with two attached hydrogens (primary N) is 1. The Morgan fingerprint density at radius 1 is 1.06 bits per heavy atom. The highest BCUT2D eigenvalue weighted by atomic mass is 32.1. The highest BCUT2D eigenvalue weighted by Gasteiger charge is 2.14. The van der Waals surface area contributed by atoms with Crippen molar-refractivity contribution in [3.05, 3.63) is 52.9 Å². The maximum absolute atomic E-state index is 11.9. The minimum Gasteiger partial charge on any atom is -0.313 e. The van der Waals surface area contributed by atoms with Crippen LogP contribution in [0.25, 0.3) is 0 Å². The van der Waals surface area contributed by atoms with Crippen LogP contribution < -0.4 is 16.6 Å². The summed E-state index contributed by atoms with van der Waals surface area (Å²) in [6, 6.07) is 10.4. The predicted octanol–water partition coefficient (Wildman–Crippen LogP) is 1.60. The lowest BCUT2D eigenvalue weighted by Gasteiger charge is -2.05. The van der Waals surface area contributed by atoms with Gasteiger partial charge in [0.15, 0.2) is 0 Å². The summed E-state index contributed by atoms with van der Waals surface area (Å²) >= 11 is 1.27. The van der Waals surface area contributed by atoms with Gasteiger partial charge in [-0.2, -0.15) is 0 Å². The standard InChI is InChI=1S/C12H11N3O2S/c13-15-11(17)9-6-7-18-12(9)14-10(16)8-4-2-1-3-5-8/h1-7H,13H2,(H,14,16)(H,15,17). The lowest BCUT2D eigenvalue weighted by molar-refractivity contribution is 0.0955. The number of rotatable bonds is 3. The second-order valence-electron chi connectivity index (χ2n) is 3.46. The van der Waals surface area contributed by atoms with Crippen molar-refractivity contribution in [1.82, 2.24) is 5.43 Å². The van der Waals surface area contributed by atoms with Crippen LogP contribution in [0.3, 0.4) is 0 Å². The van der Waals surface area contributed by atoms with Crippen molar-refractivity contribution < 1.29 is 9.59 Å². The van der Waals surface area contributed by atoms with Gasteiger partial charge in [-0.3, -0.25) is 15.0 Å². The number of hydrazine groups is 1. The van der Waals surface area contributed by atoms with Gasteiger partial charge in [-0.1, -0.05) is 18.2 Å². The van der Waals surface area contributed by atoms with E-state index in [-0.39, 0.29) is 5.91 Å². The van der Waals surface area contributed by atoms with Gasteiger partial charge < -0.3 is 5.32 Å². The zero-order valence-corrected chi connectivity index (χ0v) is 10.2. The predicted molar refractivity (Wildman–Crippen MR) is 70.4 cm³/mol. The molecule has 1 aromatic heterocycles. The Morgan fingerprint density at radius 3 is 2.44 bits per heavy atom. The summed E-state index contributed by atoms with van der Waals surface area (Å²) in [6.45, 7) is 0. The van der Waals surface area contributed by atoms with E-state index in [2.05, 4.69) is 5.32 Å². The lowest BCUT2D eigenvalue weighted by Crippen LogP contribution is -2.30. The molecule has 0 atom stereocenters. The van der Waals surface area contributed by atoms with Gasteiger partial charge in [0.2, 0.25) is 0 Å². The number of benzene rings is 1. The summed E-state index contributed by atoms with van der Waals surface area (Å²) < 4.78 is 0. The molecule has 0 saturated carbocycles. The number of carbonyl (C=O) groups excluding carboxylic acids is 2. The van der Waals surface area contributed by atoms with Gasteiger partial charge in [0.1, 0.15) is 5.00 Å². The Kier molecular flexibility index (Phi) is 3.71. The molecule has 0 aliphatic carbocycles. The fourth-order valence-electron chi connectivity index (χ4n) is 1.43. The van der Waals surface area contributed by atoms with Crippen LogP contribution >= 0.6 is 11.3 Å². The van der Waals surface area contributed by atoms with Crippen LogP contribution in [0.15, 0.2) is 41.8 Å². The summed E-state index contributed by atoms with van der Waals surface area (Å²) in [7, 11) is 0. The van der Waals surface area contributed by atoms with Gasteiger partial charge in [0.25, 0.3) is 11.8 Å². The molecule has 4 N–H and O–H groups in total. The van der Waals surface area contributed by atoms with Gasteiger partial charge in [-0.25, -0.2) is 5.84 Å². The van der Waals surface area contributed by atoms with Crippen LogP contribution in [-0.2, 0) is 0 Å². The topological polar surface area (TPSA) is 84.2 Å². The van der Waals surface area contributed by atoms with E-state index in [1.807, 2.05) is 11.5 Å². The molecule has 0 radical (unpaired) electrons. The molecule has 5 nitrogen and oxygen atoms in total. The molecule has 2 rings (SSSR count). The molecule has 0 spiro atoms. The zero-order chi connectivity index (χ0) is 13.0. The Bertz CT molecular complexity index is 566. The molecule has 0 unspecified atom stereocenters. The van der Waals surface area contributed by atoms with Crippen LogP contribution in [0.2, 0.25) is 0 Å². The van der Waals surface area contributed by atoms with E-state index in [0.29, 0.717) is 16.1 Å². The van der Waals surface area contributed by atoms with Crippen LogP contribution in [0.5, 0.6) is 0 Å². The highest BCUT2D eigenvalue weighted by molar-refractivity contribution is 7.14. The van der Waals surface area contributed by atoms with Gasteiger partial charge >= 0.3 is 0 Å². The van der Waals surface area contributed by atoms with Crippen LogP contribution in [0, 0.1) is 0 Å². The zero-order valence-electron chi connectivity index (χ0n) is 9.34. The monoisotopic (exact) mass is 261 g/mol. The summed E-state index contributed by atoms with van der Waals surface area (Å²) in [4.78, 5) is 23.3. The van der Waals surface area contributed by atoms with Gasteiger partial charge in [0.05, 0.1) is 5.56 Å². The second-order valence-corrected chi connectivity index (χ2v) is 4.37. The molecule has 1 aromatic carbocycles. The molecule has 2 aromatic rings. The molecule has 0 aliphatic rings. The Morgan fingerprint density at radius 2 is 1.78 bits per heavy atom. The second kappa shape index (κ2) is 5.44. The fourth-order valence-corrected chi connectivity index (χ4v) is 2.21. The fraction of sp³-hybridized carbons (Fsp3) is 0. The van der Waals surface area contributed by atoms with Crippen molar-refractivity contribution in [2.75, 3.05) is 5.32 Å². The molecule has 2 amide bonds. The lowest BCUT2D eigenvalue weighted by atomic mass is 10.2. The van der Waals surface area contributed by atoms with Crippen LogP contribution in [-0.4, -0.2) is 11.8 Å². The molecule has 6 heteroatoms. The number of amides is 2. The van der Waals surface area contributed by atoms with E-state index in [1.165, 1.54) is 11.3 Å². The van der Waals surface area contributed by atoms with E-state index in [0.717, 1.165) is 0 Å². The molecular formula is C12H11N3O2S. The number of hydrogen-bond donors (Lipinski definition) is 3. The number of anilines is 1. The summed E-state index contributed by atoms with van der Waals surface area (Å²) in [5.41, 5.74) is 2.92. The molecule has 18 heavy (non-hydrogen) atoms. The summed E-state index contributed by atoms with van der Waals surface area (Å²) in [5, 5.41) is 4.88. The minimum atomic E-state index is -0.431. The van der Waals surface area contributed by atoms with E-state index < -0.39 is 5.91 Å². The maximum Gasteiger partial charge on any atom is 0.268 e. The van der Waals surface area contributed by atoms with Crippen molar-refractivity contribution in [3.63, 3.8) is 0 Å². The quantitative estimate of drug-likeness (QED) is 0.446. The van der Waals surface area contributed by atoms with Crippen LogP contribution in [0.1, 0.15) is 20.7 Å². The molecule has 92 valence electrons. The average molecular weight is 261 g/mol. The SMILES string of the molecule is NNC(=O)c1ccsc1NC(=O)c1ccccc1. The van der Waals surface area contributed by atoms with Gasteiger partial charge in [-0.05, 0) is 23.6 Å². The molecule has 0 saturated heterocycles. The van der Waals surface area contributed by atoms with Crippen molar-refractivity contribution in [1.29, 1.82) is 0 Å². The van der Waals surface area contributed by atoms with E-state index >= 15 is 0 Å². The Balaban J connectivity index is 2.18. The Hall–Kier alpha value is -2.18. The van der Waals surface area contributed by atoms with E-state index in [1.54, 1.807) is 35.7 Å². The van der Waals surface area contributed by atoms with E-state index in [4.69, 9.17) is 5.84 Å². The average Bonchev–Trinajstić information content (AvgIpc) is 2.87. The van der Waals surface area contributed by atoms with Crippen molar-refractivity contribution in [2.24, 2.45) is 5.84 Å². The summed E-state index contributed by atoms with van der Waals surface area (Å²) in [6.07, 6.45) is 0. The van der Waals surface area contributed by atoms with E-state index in [9.17, 15) is 9.59 Å². The third-order valence-electron chi connectivity index (χ3n) is 2.30. The number of nitrogen functional groups attached to an aromatic ring is 1. The minimum absolute atomic E-state index is 0.260. The number of hydrogen-bond acceptors (Lipinski definition) is 4. The molecule has 1 heterocycles. The first-order chi connectivity index (χ1) is 8.72. The highest BCUT2D eigenvalue weighted by Crippen LogP contribution is 2.23. The first-order valence-corrected chi connectivity index (χ1v) is 6.05. The number of thiophene rings is 1. The molecular weight excluding hydrogens is 250 g/mol. The largest absolute Gasteiger partial charge is 0.313 e. The number of carbonyl (C=O) groups is 2. The van der Waals surface area contributed by atoms with Crippen molar-refractivity contribution in [3.8, 4) is 0 Å². The third kappa shape index (κ3) is 2.55. The Labute approximate surface area is 108 Å². The van der Waals surface area contributed by atoms with Gasteiger partial charge in [-0.15, -0.1) is 11.3 Å². The van der Waals surface area contributed by atoms with Crippen molar-refractivity contribution >= 4 is 28.2 Å². The smallest absolute Gasteiger partial charge is 0.268 e. The number of nitrogens with one attached hydrogen (secondary N) is 2. The third-order valence-corrected chi connectivity index (χ3v) is 3.13. The summed E-state index contributed by atoms with van der Waals surface area (Å²) in [5.74, 6) is 4.38. The molecule has 0 aliphatic heterocycles. The first-order valence-electron chi connectivity index (χ1n) is 5.17. The van der Waals surface area contributed by atoms with Gasteiger partial charge in [0, 0.05) is 5.56 Å². The van der Waals surface area contributed by atoms with Crippen LogP contribution in [0.4, 0.5) is 5.00 Å². The first kappa shape index (κ1) is 12.3. The normalized spacial score (nSPS) is 9.83. The molecule has 0 bridgehead atoms. The van der Waals surface area contributed by atoms with Crippen molar-refractivity contribution in [2.45, 2.75) is 0 Å². The maximum atomic E-state index is 11.9.